The van der Waals surface area contributed by atoms with Crippen LogP contribution in [0.2, 0.25) is 0 Å². The summed E-state index contributed by atoms with van der Waals surface area (Å²) in [6.45, 7) is 3.62. The van der Waals surface area contributed by atoms with Crippen molar-refractivity contribution in [1.82, 2.24) is 15.4 Å². The Morgan fingerprint density at radius 2 is 1.90 bits per heavy atom. The van der Waals surface area contributed by atoms with Gasteiger partial charge in [0.2, 0.25) is 10.0 Å². The fraction of sp³-hybridized carbons (Fsp3) is 0.350. The van der Waals surface area contributed by atoms with Gasteiger partial charge in [0.05, 0.1) is 18.0 Å². The molecule has 2 rings (SSSR count). The maximum Gasteiger partial charge on any atom is 0.240 e. The summed E-state index contributed by atoms with van der Waals surface area (Å²) < 4.78 is 45.8. The lowest BCUT2D eigenvalue weighted by Gasteiger charge is -2.12. The summed E-state index contributed by atoms with van der Waals surface area (Å²) in [6.07, 6.45) is 0. The molecule has 3 N–H and O–H groups in total. The first-order valence-corrected chi connectivity index (χ1v) is 10.8. The topological polar surface area (TPSA) is 91.8 Å². The number of nitrogens with one attached hydrogen (secondary N) is 3. The van der Waals surface area contributed by atoms with Crippen molar-refractivity contribution in [3.8, 4) is 0 Å². The van der Waals surface area contributed by atoms with Crippen LogP contribution in [0.3, 0.4) is 0 Å². The minimum Gasteiger partial charge on any atom is -0.383 e. The van der Waals surface area contributed by atoms with E-state index in [0.717, 1.165) is 5.56 Å². The number of guanidine groups is 1. The van der Waals surface area contributed by atoms with Crippen molar-refractivity contribution in [2.24, 2.45) is 4.99 Å². The molecule has 0 radical (unpaired) electrons. The number of halogens is 2. The van der Waals surface area contributed by atoms with Gasteiger partial charge in [-0.1, -0.05) is 30.3 Å². The van der Waals surface area contributed by atoms with Gasteiger partial charge in [0, 0.05) is 32.3 Å². The van der Waals surface area contributed by atoms with Gasteiger partial charge in [-0.05, 0) is 30.7 Å². The van der Waals surface area contributed by atoms with Crippen LogP contribution in [0.1, 0.15) is 18.1 Å². The van der Waals surface area contributed by atoms with Crippen LogP contribution >= 0.6 is 24.0 Å². The van der Waals surface area contributed by atoms with Crippen molar-refractivity contribution in [3.05, 3.63) is 65.5 Å². The molecule has 0 atom stereocenters. The van der Waals surface area contributed by atoms with Crippen LogP contribution in [-0.2, 0) is 27.8 Å². The van der Waals surface area contributed by atoms with Crippen LogP contribution in [0.4, 0.5) is 4.39 Å². The van der Waals surface area contributed by atoms with E-state index in [4.69, 9.17) is 4.74 Å². The first kappa shape index (κ1) is 26.3. The smallest absolute Gasteiger partial charge is 0.240 e. The first-order chi connectivity index (χ1) is 14.0. The molecule has 10 heteroatoms. The molecule has 0 fully saturated rings. The zero-order valence-electron chi connectivity index (χ0n) is 17.0. The maximum atomic E-state index is 13.8. The zero-order valence-corrected chi connectivity index (χ0v) is 20.2. The molecule has 2 aromatic rings. The summed E-state index contributed by atoms with van der Waals surface area (Å²) >= 11 is 0. The lowest BCUT2D eigenvalue weighted by molar-refractivity contribution is 0.204. The van der Waals surface area contributed by atoms with E-state index in [1.165, 1.54) is 19.2 Å². The third-order valence-corrected chi connectivity index (χ3v) is 5.43. The van der Waals surface area contributed by atoms with Crippen LogP contribution < -0.4 is 15.4 Å². The Balaban J connectivity index is 0.00000450. The summed E-state index contributed by atoms with van der Waals surface area (Å²) in [5, 5.41) is 6.18. The van der Waals surface area contributed by atoms with E-state index >= 15 is 0 Å². The number of benzene rings is 2. The van der Waals surface area contributed by atoms with Crippen molar-refractivity contribution in [2.45, 2.75) is 24.9 Å². The normalized spacial score (nSPS) is 11.6. The molecule has 0 saturated carbocycles. The molecule has 0 heterocycles. The number of rotatable bonds is 10. The van der Waals surface area contributed by atoms with Crippen molar-refractivity contribution >= 4 is 40.0 Å². The van der Waals surface area contributed by atoms with Crippen LogP contribution in [0.15, 0.2) is 58.4 Å². The van der Waals surface area contributed by atoms with Gasteiger partial charge in [0.1, 0.15) is 5.82 Å². The van der Waals surface area contributed by atoms with Gasteiger partial charge >= 0.3 is 0 Å². The van der Waals surface area contributed by atoms with E-state index in [1.807, 2.05) is 6.92 Å². The monoisotopic (exact) mass is 550 g/mol. The summed E-state index contributed by atoms with van der Waals surface area (Å²) in [6, 6.07) is 13.1. The lowest BCUT2D eigenvalue weighted by atomic mass is 10.2. The van der Waals surface area contributed by atoms with Crippen LogP contribution in [0.25, 0.3) is 0 Å². The average molecular weight is 550 g/mol. The predicted molar refractivity (Wildman–Crippen MR) is 127 cm³/mol. The predicted octanol–water partition coefficient (Wildman–Crippen LogP) is 2.62. The second kappa shape index (κ2) is 13.5. The summed E-state index contributed by atoms with van der Waals surface area (Å²) in [5.74, 6) is 0.233. The van der Waals surface area contributed by atoms with E-state index < -0.39 is 10.0 Å². The molecule has 0 bridgehead atoms. The molecule has 0 aliphatic rings. The molecule has 166 valence electrons. The summed E-state index contributed by atoms with van der Waals surface area (Å²) in [4.78, 5) is 4.64. The largest absolute Gasteiger partial charge is 0.383 e. The van der Waals surface area contributed by atoms with Gasteiger partial charge in [0.25, 0.3) is 0 Å². The molecule has 30 heavy (non-hydrogen) atoms. The molecule has 0 saturated heterocycles. The highest BCUT2D eigenvalue weighted by Crippen LogP contribution is 2.12. The number of hydrogen-bond acceptors (Lipinski definition) is 4. The number of ether oxygens (including phenoxy) is 1. The second-order valence-corrected chi connectivity index (χ2v) is 7.95. The molecular formula is C20H28FIN4O3S. The van der Waals surface area contributed by atoms with Crippen molar-refractivity contribution in [2.75, 3.05) is 26.8 Å². The molecule has 0 spiro atoms. The third kappa shape index (κ3) is 8.54. The highest BCUT2D eigenvalue weighted by atomic mass is 127. The van der Waals surface area contributed by atoms with Gasteiger partial charge in [0.15, 0.2) is 5.96 Å². The van der Waals surface area contributed by atoms with E-state index in [2.05, 4.69) is 20.3 Å². The van der Waals surface area contributed by atoms with Crippen molar-refractivity contribution in [3.63, 3.8) is 0 Å². The fourth-order valence-electron chi connectivity index (χ4n) is 2.51. The molecule has 7 nitrogen and oxygen atoms in total. The Bertz CT molecular complexity index is 926. The SMILES string of the molecule is CCNC(=NCc1cccc(S(=O)(=O)NCCOC)c1)NCc1ccccc1F.I. The fourth-order valence-corrected chi connectivity index (χ4v) is 3.59. The van der Waals surface area contributed by atoms with E-state index in [0.29, 0.717) is 24.7 Å². The highest BCUT2D eigenvalue weighted by molar-refractivity contribution is 14.0. The molecule has 0 amide bonds. The minimum atomic E-state index is -3.61. The highest BCUT2D eigenvalue weighted by Gasteiger charge is 2.13. The van der Waals surface area contributed by atoms with Gasteiger partial charge in [-0.2, -0.15) is 0 Å². The van der Waals surface area contributed by atoms with Crippen LogP contribution in [0.5, 0.6) is 0 Å². The number of hydrogen-bond donors (Lipinski definition) is 3. The molecule has 0 unspecified atom stereocenters. The van der Waals surface area contributed by atoms with Crippen LogP contribution in [0, 0.1) is 5.82 Å². The Hall–Kier alpha value is -1.76. The van der Waals surface area contributed by atoms with Gasteiger partial charge < -0.3 is 15.4 Å². The second-order valence-electron chi connectivity index (χ2n) is 6.18. The number of aliphatic imine (C=N–C) groups is 1. The van der Waals surface area contributed by atoms with Gasteiger partial charge in [-0.15, -0.1) is 24.0 Å². The third-order valence-electron chi connectivity index (χ3n) is 3.98. The molecule has 2 aromatic carbocycles. The van der Waals surface area contributed by atoms with E-state index in [9.17, 15) is 12.8 Å². The van der Waals surface area contributed by atoms with E-state index in [1.54, 1.807) is 36.4 Å². The molecule has 0 aliphatic heterocycles. The van der Waals surface area contributed by atoms with Crippen molar-refractivity contribution in [1.29, 1.82) is 0 Å². The van der Waals surface area contributed by atoms with E-state index in [-0.39, 0.29) is 54.3 Å². The van der Waals surface area contributed by atoms with Gasteiger partial charge in [-0.25, -0.2) is 22.5 Å². The molecule has 0 aromatic heterocycles. The molecular weight excluding hydrogens is 522 g/mol. The summed E-state index contributed by atoms with van der Waals surface area (Å²) in [5.41, 5.74) is 1.27. The Morgan fingerprint density at radius 1 is 1.13 bits per heavy atom. The average Bonchev–Trinajstić information content (AvgIpc) is 2.71. The Morgan fingerprint density at radius 3 is 2.60 bits per heavy atom. The Kier molecular flexibility index (Phi) is 11.8. The number of sulfonamides is 1. The number of nitrogens with zero attached hydrogens (tertiary/aromatic N) is 1. The minimum absolute atomic E-state index is 0. The quantitative estimate of drug-likeness (QED) is 0.183. The lowest BCUT2D eigenvalue weighted by Crippen LogP contribution is -2.37. The zero-order chi connectivity index (χ0) is 21.1. The van der Waals surface area contributed by atoms with Crippen LogP contribution in [-0.4, -0.2) is 41.2 Å². The maximum absolute atomic E-state index is 13.8. The molecule has 0 aliphatic carbocycles. The summed E-state index contributed by atoms with van der Waals surface area (Å²) in [7, 11) is -2.10. The number of methoxy groups -OCH3 is 1. The van der Waals surface area contributed by atoms with Crippen molar-refractivity contribution < 1.29 is 17.5 Å². The standard InChI is InChI=1S/C20H27FN4O3S.HI/c1-3-22-20(24-15-17-8-4-5-10-19(17)21)23-14-16-7-6-9-18(13-16)29(26,27)25-11-12-28-2;/h4-10,13,25H,3,11-12,14-15H2,1-2H3,(H2,22,23,24);1H. The Labute approximate surface area is 194 Å². The first-order valence-electron chi connectivity index (χ1n) is 9.29. The van der Waals surface area contributed by atoms with Gasteiger partial charge in [-0.3, -0.25) is 0 Å².